The predicted molar refractivity (Wildman–Crippen MR) is 90.6 cm³/mol. The van der Waals surface area contributed by atoms with Crippen LogP contribution in [0.1, 0.15) is 46.1 Å². The van der Waals surface area contributed by atoms with Crippen LogP contribution in [0.3, 0.4) is 0 Å². The summed E-state index contributed by atoms with van der Waals surface area (Å²) in [4.78, 5) is 0. The van der Waals surface area contributed by atoms with E-state index in [0.29, 0.717) is 5.92 Å². The Bertz CT molecular complexity index is 412. The molecule has 0 aliphatic heterocycles. The lowest BCUT2D eigenvalue weighted by Gasteiger charge is -2.22. The molecule has 0 saturated carbocycles. The second-order valence-electron chi connectivity index (χ2n) is 6.57. The monoisotopic (exact) mass is 341 g/mol. The summed E-state index contributed by atoms with van der Waals surface area (Å²) in [6, 6.07) is 6.23. The van der Waals surface area contributed by atoms with Crippen LogP contribution >= 0.6 is 15.9 Å². The maximum atomic E-state index is 5.43. The summed E-state index contributed by atoms with van der Waals surface area (Å²) in [6.45, 7) is 10.0. The van der Waals surface area contributed by atoms with Crippen LogP contribution in [0.25, 0.3) is 0 Å². The molecule has 0 aromatic heterocycles. The van der Waals surface area contributed by atoms with Crippen LogP contribution in [0.4, 0.5) is 0 Å². The summed E-state index contributed by atoms with van der Waals surface area (Å²) in [6.07, 6.45) is 3.48. The average Bonchev–Trinajstić information content (AvgIpc) is 2.35. The van der Waals surface area contributed by atoms with Gasteiger partial charge in [-0.25, -0.2) is 0 Å². The summed E-state index contributed by atoms with van der Waals surface area (Å²) >= 11 is 3.53. The molecule has 1 atom stereocenters. The summed E-state index contributed by atoms with van der Waals surface area (Å²) < 4.78 is 6.55. The molecular formula is C17H28BrNO. The van der Waals surface area contributed by atoms with E-state index in [1.807, 2.05) is 12.1 Å². The van der Waals surface area contributed by atoms with Crippen molar-refractivity contribution in [3.05, 3.63) is 28.2 Å². The van der Waals surface area contributed by atoms with Gasteiger partial charge in [0, 0.05) is 10.0 Å². The zero-order chi connectivity index (χ0) is 15.2. The second kappa shape index (κ2) is 8.04. The van der Waals surface area contributed by atoms with Crippen molar-refractivity contribution in [3.63, 3.8) is 0 Å². The van der Waals surface area contributed by atoms with Gasteiger partial charge in [0.15, 0.2) is 0 Å². The fourth-order valence-corrected chi connectivity index (χ4v) is 2.59. The molecule has 0 aliphatic rings. The summed E-state index contributed by atoms with van der Waals surface area (Å²) in [7, 11) is 1.74. The first-order valence-electron chi connectivity index (χ1n) is 7.39. The maximum absolute atomic E-state index is 5.43. The fourth-order valence-electron chi connectivity index (χ4n) is 2.18. The van der Waals surface area contributed by atoms with Crippen molar-refractivity contribution < 1.29 is 4.74 Å². The Kier molecular flexibility index (Phi) is 7.04. The number of hydrogen-bond acceptors (Lipinski definition) is 2. The first-order chi connectivity index (χ1) is 9.31. The molecule has 3 heteroatoms. The van der Waals surface area contributed by atoms with Crippen molar-refractivity contribution in [1.29, 1.82) is 0 Å². The predicted octanol–water partition coefficient (Wildman–Crippen LogP) is 4.80. The third kappa shape index (κ3) is 6.76. The van der Waals surface area contributed by atoms with Gasteiger partial charge in [-0.3, -0.25) is 0 Å². The second-order valence-corrected chi connectivity index (χ2v) is 7.48. The van der Waals surface area contributed by atoms with Crippen LogP contribution in [0.15, 0.2) is 22.7 Å². The van der Waals surface area contributed by atoms with Crippen molar-refractivity contribution in [2.45, 2.75) is 52.5 Å². The van der Waals surface area contributed by atoms with Gasteiger partial charge in [0.25, 0.3) is 0 Å². The SMILES string of the molecule is COc1ccc(Br)cc1CCC(C)CCNC(C)(C)C. The Morgan fingerprint density at radius 2 is 1.95 bits per heavy atom. The highest BCUT2D eigenvalue weighted by Crippen LogP contribution is 2.25. The van der Waals surface area contributed by atoms with Crippen LogP contribution in [-0.2, 0) is 6.42 Å². The molecule has 0 radical (unpaired) electrons. The van der Waals surface area contributed by atoms with E-state index in [9.17, 15) is 0 Å². The molecule has 20 heavy (non-hydrogen) atoms. The molecule has 0 saturated heterocycles. The highest BCUT2D eigenvalue weighted by atomic mass is 79.9. The molecular weight excluding hydrogens is 314 g/mol. The number of nitrogens with one attached hydrogen (secondary N) is 1. The Hall–Kier alpha value is -0.540. The highest BCUT2D eigenvalue weighted by Gasteiger charge is 2.10. The van der Waals surface area contributed by atoms with E-state index < -0.39 is 0 Å². The van der Waals surface area contributed by atoms with Crippen LogP contribution in [0.5, 0.6) is 5.75 Å². The van der Waals surface area contributed by atoms with Crippen LogP contribution < -0.4 is 10.1 Å². The summed E-state index contributed by atoms with van der Waals surface area (Å²) in [5.74, 6) is 1.71. The molecule has 1 N–H and O–H groups in total. The lowest BCUT2D eigenvalue weighted by Crippen LogP contribution is -2.36. The molecule has 0 heterocycles. The molecule has 0 amide bonds. The third-order valence-corrected chi connectivity index (χ3v) is 3.93. The number of benzene rings is 1. The van der Waals surface area contributed by atoms with Crippen molar-refractivity contribution in [2.75, 3.05) is 13.7 Å². The van der Waals surface area contributed by atoms with Gasteiger partial charge in [0.1, 0.15) is 5.75 Å². The van der Waals surface area contributed by atoms with Crippen LogP contribution in [-0.4, -0.2) is 19.2 Å². The number of halogens is 1. The molecule has 1 aromatic rings. The van der Waals surface area contributed by atoms with Crippen molar-refractivity contribution in [3.8, 4) is 5.75 Å². The molecule has 0 spiro atoms. The smallest absolute Gasteiger partial charge is 0.122 e. The number of hydrogen-bond donors (Lipinski definition) is 1. The lowest BCUT2D eigenvalue weighted by atomic mass is 9.97. The van der Waals surface area contributed by atoms with Gasteiger partial charge in [-0.1, -0.05) is 22.9 Å². The topological polar surface area (TPSA) is 21.3 Å². The number of rotatable bonds is 7. The largest absolute Gasteiger partial charge is 0.496 e. The molecule has 1 unspecified atom stereocenters. The average molecular weight is 342 g/mol. The van der Waals surface area contributed by atoms with E-state index in [1.54, 1.807) is 7.11 Å². The molecule has 1 aromatic carbocycles. The van der Waals surface area contributed by atoms with E-state index >= 15 is 0 Å². The van der Waals surface area contributed by atoms with E-state index in [1.165, 1.54) is 18.4 Å². The quantitative estimate of drug-likeness (QED) is 0.768. The van der Waals surface area contributed by atoms with Crippen LogP contribution in [0.2, 0.25) is 0 Å². The molecule has 114 valence electrons. The molecule has 0 fully saturated rings. The zero-order valence-electron chi connectivity index (χ0n) is 13.4. The zero-order valence-corrected chi connectivity index (χ0v) is 15.0. The Morgan fingerprint density at radius 3 is 2.55 bits per heavy atom. The van der Waals surface area contributed by atoms with E-state index in [0.717, 1.165) is 23.2 Å². The van der Waals surface area contributed by atoms with Crippen molar-refractivity contribution in [2.24, 2.45) is 5.92 Å². The molecule has 0 bridgehead atoms. The minimum absolute atomic E-state index is 0.216. The van der Waals surface area contributed by atoms with Gasteiger partial charge in [-0.05, 0) is 76.3 Å². The number of ether oxygens (including phenoxy) is 1. The van der Waals surface area contributed by atoms with Gasteiger partial charge in [0.05, 0.1) is 7.11 Å². The molecule has 0 aliphatic carbocycles. The maximum Gasteiger partial charge on any atom is 0.122 e. The number of methoxy groups -OCH3 is 1. The molecule has 1 rings (SSSR count). The van der Waals surface area contributed by atoms with Crippen LogP contribution in [0, 0.1) is 5.92 Å². The highest BCUT2D eigenvalue weighted by molar-refractivity contribution is 9.10. The first-order valence-corrected chi connectivity index (χ1v) is 8.18. The van der Waals surface area contributed by atoms with E-state index in [4.69, 9.17) is 4.74 Å². The summed E-state index contributed by atoms with van der Waals surface area (Å²) in [5, 5.41) is 3.55. The van der Waals surface area contributed by atoms with E-state index in [-0.39, 0.29) is 5.54 Å². The van der Waals surface area contributed by atoms with Gasteiger partial charge < -0.3 is 10.1 Å². The fraction of sp³-hybridized carbons (Fsp3) is 0.647. The first kappa shape index (κ1) is 17.5. The van der Waals surface area contributed by atoms with Crippen molar-refractivity contribution in [1.82, 2.24) is 5.32 Å². The van der Waals surface area contributed by atoms with Gasteiger partial charge in [-0.15, -0.1) is 0 Å². The summed E-state index contributed by atoms with van der Waals surface area (Å²) in [5.41, 5.74) is 1.50. The number of aryl methyl sites for hydroxylation is 1. The minimum atomic E-state index is 0.216. The van der Waals surface area contributed by atoms with Gasteiger partial charge in [-0.2, -0.15) is 0 Å². The molecule has 2 nitrogen and oxygen atoms in total. The van der Waals surface area contributed by atoms with Gasteiger partial charge >= 0.3 is 0 Å². The Morgan fingerprint density at radius 1 is 1.25 bits per heavy atom. The Labute approximate surface area is 132 Å². The van der Waals surface area contributed by atoms with Crippen molar-refractivity contribution >= 4 is 15.9 Å². The van der Waals surface area contributed by atoms with E-state index in [2.05, 4.69) is 55.0 Å². The van der Waals surface area contributed by atoms with Gasteiger partial charge in [0.2, 0.25) is 0 Å². The Balaban J connectivity index is 2.41. The minimum Gasteiger partial charge on any atom is -0.496 e. The normalized spacial score (nSPS) is 13.3. The third-order valence-electron chi connectivity index (χ3n) is 3.44. The lowest BCUT2D eigenvalue weighted by molar-refractivity contribution is 0.383. The standard InChI is InChI=1S/C17H28BrNO/c1-13(10-11-19-17(2,3)4)6-7-14-12-15(18)8-9-16(14)20-5/h8-9,12-13,19H,6-7,10-11H2,1-5H3.